The van der Waals surface area contributed by atoms with Gasteiger partial charge in [0.2, 0.25) is 5.91 Å². The van der Waals surface area contributed by atoms with Crippen LogP contribution < -0.4 is 10.9 Å². The number of carbonyl (C=O) groups excluding carboxylic acids is 1. The van der Waals surface area contributed by atoms with Gasteiger partial charge in [0.05, 0.1) is 10.2 Å². The number of fused-ring (bicyclic) bond motifs is 3. The summed E-state index contributed by atoms with van der Waals surface area (Å²) in [6.07, 6.45) is 3.33. The van der Waals surface area contributed by atoms with E-state index in [1.165, 1.54) is 10.2 Å². The molecule has 27 heavy (non-hydrogen) atoms. The second-order valence-corrected chi connectivity index (χ2v) is 7.60. The Morgan fingerprint density at radius 3 is 2.85 bits per heavy atom. The summed E-state index contributed by atoms with van der Waals surface area (Å²) >= 11 is 1.58. The highest BCUT2D eigenvalue weighted by Gasteiger charge is 2.13. The smallest absolute Gasteiger partial charge is 0.291 e. The predicted octanol–water partition coefficient (Wildman–Crippen LogP) is 2.85. The van der Waals surface area contributed by atoms with Gasteiger partial charge in [-0.2, -0.15) is 5.10 Å². The van der Waals surface area contributed by atoms with Gasteiger partial charge < -0.3 is 5.32 Å². The van der Waals surface area contributed by atoms with Gasteiger partial charge in [-0.15, -0.1) is 11.3 Å². The number of carbonyl (C=O) groups is 1. The lowest BCUT2D eigenvalue weighted by Crippen LogP contribution is -2.38. The van der Waals surface area contributed by atoms with Crippen LogP contribution in [0.15, 0.2) is 59.0 Å². The number of amides is 1. The molecule has 3 heterocycles. The maximum atomic E-state index is 12.6. The molecule has 0 radical (unpaired) electrons. The standard InChI is InChI=1S/C20H20N4O2S/c1-14(7-8-15-5-3-2-4-6-15)22-19(25)12-24-20(26)17-11-18-16(9-10-27-18)23(17)13-21-24/h2-6,9-11,13-14H,7-8,12H2,1H3,(H,22,25). The summed E-state index contributed by atoms with van der Waals surface area (Å²) in [5.74, 6) is -0.206. The molecule has 0 spiro atoms. The third kappa shape index (κ3) is 3.64. The third-order valence-corrected chi connectivity index (χ3v) is 5.48. The first-order chi connectivity index (χ1) is 13.1. The fraction of sp³-hybridized carbons (Fsp3) is 0.250. The molecule has 0 aliphatic heterocycles. The molecule has 1 unspecified atom stereocenters. The van der Waals surface area contributed by atoms with Crippen molar-refractivity contribution < 1.29 is 4.79 Å². The van der Waals surface area contributed by atoms with Crippen LogP contribution in [0.4, 0.5) is 0 Å². The molecule has 3 aromatic heterocycles. The van der Waals surface area contributed by atoms with E-state index in [1.54, 1.807) is 22.1 Å². The maximum Gasteiger partial charge on any atom is 0.291 e. The Labute approximate surface area is 160 Å². The van der Waals surface area contributed by atoms with Crippen molar-refractivity contribution in [3.05, 3.63) is 70.1 Å². The maximum absolute atomic E-state index is 12.6. The van der Waals surface area contributed by atoms with Gasteiger partial charge in [0, 0.05) is 6.04 Å². The van der Waals surface area contributed by atoms with E-state index in [0.29, 0.717) is 5.52 Å². The zero-order valence-electron chi connectivity index (χ0n) is 15.0. The van der Waals surface area contributed by atoms with E-state index in [2.05, 4.69) is 22.5 Å². The molecule has 0 fully saturated rings. The molecular weight excluding hydrogens is 360 g/mol. The molecule has 4 aromatic rings. The first kappa shape index (κ1) is 17.5. The molecule has 0 saturated carbocycles. The molecule has 6 nitrogen and oxygen atoms in total. The van der Waals surface area contributed by atoms with Crippen LogP contribution in [0.25, 0.3) is 15.7 Å². The summed E-state index contributed by atoms with van der Waals surface area (Å²) < 4.78 is 4.02. The Hall–Kier alpha value is -2.93. The van der Waals surface area contributed by atoms with E-state index >= 15 is 0 Å². The lowest BCUT2D eigenvalue weighted by atomic mass is 10.1. The molecule has 0 aliphatic carbocycles. The normalized spacial score (nSPS) is 12.5. The number of aromatic nitrogens is 3. The van der Waals surface area contributed by atoms with Gasteiger partial charge in [-0.1, -0.05) is 30.3 Å². The largest absolute Gasteiger partial charge is 0.352 e. The molecule has 1 aromatic carbocycles. The fourth-order valence-electron chi connectivity index (χ4n) is 3.20. The molecule has 1 atom stereocenters. The molecule has 1 amide bonds. The summed E-state index contributed by atoms with van der Waals surface area (Å²) in [5.41, 5.74) is 2.49. The van der Waals surface area contributed by atoms with Crippen LogP contribution in [0, 0.1) is 0 Å². The molecule has 1 N–H and O–H groups in total. The Bertz CT molecular complexity index is 1140. The zero-order valence-corrected chi connectivity index (χ0v) is 15.8. The monoisotopic (exact) mass is 380 g/mol. The SMILES string of the molecule is CC(CCc1ccccc1)NC(=O)Cn1ncn2c(cc3sccc32)c1=O. The average Bonchev–Trinajstić information content (AvgIpc) is 3.25. The van der Waals surface area contributed by atoms with Gasteiger partial charge in [0.15, 0.2) is 0 Å². The summed E-state index contributed by atoms with van der Waals surface area (Å²) in [6.45, 7) is 1.89. The predicted molar refractivity (Wildman–Crippen MR) is 107 cm³/mol. The second kappa shape index (κ2) is 7.36. The third-order valence-electron chi connectivity index (χ3n) is 4.63. The van der Waals surface area contributed by atoms with Gasteiger partial charge in [-0.25, -0.2) is 4.68 Å². The molecule has 0 aliphatic rings. The van der Waals surface area contributed by atoms with E-state index in [-0.39, 0.29) is 24.1 Å². The highest BCUT2D eigenvalue weighted by Crippen LogP contribution is 2.23. The van der Waals surface area contributed by atoms with Gasteiger partial charge in [0.25, 0.3) is 5.56 Å². The van der Waals surface area contributed by atoms with Crippen LogP contribution in [0.3, 0.4) is 0 Å². The van der Waals surface area contributed by atoms with Crippen LogP contribution in [0.5, 0.6) is 0 Å². The summed E-state index contributed by atoms with van der Waals surface area (Å²) in [5, 5.41) is 9.09. The number of benzene rings is 1. The minimum Gasteiger partial charge on any atom is -0.352 e. The van der Waals surface area contributed by atoms with Crippen molar-refractivity contribution in [3.63, 3.8) is 0 Å². The summed E-state index contributed by atoms with van der Waals surface area (Å²) in [4.78, 5) is 25.0. The first-order valence-corrected chi connectivity index (χ1v) is 9.77. The van der Waals surface area contributed by atoms with Crippen molar-refractivity contribution in [2.45, 2.75) is 32.4 Å². The molecular formula is C20H20N4O2S. The Morgan fingerprint density at radius 2 is 2.04 bits per heavy atom. The fourth-order valence-corrected chi connectivity index (χ4v) is 4.01. The number of nitrogens with one attached hydrogen (secondary N) is 1. The van der Waals surface area contributed by atoms with Gasteiger partial charge in [-0.3, -0.25) is 14.0 Å². The van der Waals surface area contributed by atoms with E-state index < -0.39 is 0 Å². The van der Waals surface area contributed by atoms with E-state index in [9.17, 15) is 9.59 Å². The number of hydrogen-bond acceptors (Lipinski definition) is 4. The quantitative estimate of drug-likeness (QED) is 0.559. The van der Waals surface area contributed by atoms with Gasteiger partial charge in [-0.05, 0) is 42.8 Å². The Morgan fingerprint density at radius 1 is 1.22 bits per heavy atom. The number of aryl methyl sites for hydroxylation is 1. The summed E-state index contributed by atoms with van der Waals surface area (Å²) in [7, 11) is 0. The van der Waals surface area contributed by atoms with Crippen molar-refractivity contribution in [2.75, 3.05) is 0 Å². The number of rotatable bonds is 6. The van der Waals surface area contributed by atoms with Crippen LogP contribution in [0.1, 0.15) is 18.9 Å². The lowest BCUT2D eigenvalue weighted by Gasteiger charge is -2.14. The highest BCUT2D eigenvalue weighted by molar-refractivity contribution is 7.17. The van der Waals surface area contributed by atoms with Crippen LogP contribution in [-0.4, -0.2) is 26.1 Å². The molecule has 4 rings (SSSR count). The second-order valence-electron chi connectivity index (χ2n) is 6.66. The number of thiophene rings is 1. The minimum absolute atomic E-state index is 0.0239. The van der Waals surface area contributed by atoms with Crippen LogP contribution in [-0.2, 0) is 17.8 Å². The van der Waals surface area contributed by atoms with Crippen molar-refractivity contribution in [1.82, 2.24) is 19.5 Å². The van der Waals surface area contributed by atoms with Crippen molar-refractivity contribution in [3.8, 4) is 0 Å². The molecule has 138 valence electrons. The topological polar surface area (TPSA) is 68.4 Å². The average molecular weight is 380 g/mol. The number of hydrogen-bond donors (Lipinski definition) is 1. The molecule has 0 bridgehead atoms. The summed E-state index contributed by atoms with van der Waals surface area (Å²) in [6, 6.07) is 14.0. The van der Waals surface area contributed by atoms with Crippen LogP contribution >= 0.6 is 11.3 Å². The molecule has 0 saturated heterocycles. The Balaban J connectivity index is 1.41. The lowest BCUT2D eigenvalue weighted by molar-refractivity contribution is -0.122. The van der Waals surface area contributed by atoms with Crippen molar-refractivity contribution in [1.29, 1.82) is 0 Å². The van der Waals surface area contributed by atoms with E-state index in [1.807, 2.05) is 42.6 Å². The number of nitrogens with zero attached hydrogens (tertiary/aromatic N) is 3. The van der Waals surface area contributed by atoms with Crippen molar-refractivity contribution >= 4 is 33.0 Å². The Kier molecular flexibility index (Phi) is 4.77. The zero-order chi connectivity index (χ0) is 18.8. The van der Waals surface area contributed by atoms with E-state index in [0.717, 1.165) is 23.1 Å². The van der Waals surface area contributed by atoms with E-state index in [4.69, 9.17) is 0 Å². The van der Waals surface area contributed by atoms with Gasteiger partial charge >= 0.3 is 0 Å². The first-order valence-electron chi connectivity index (χ1n) is 8.89. The van der Waals surface area contributed by atoms with Crippen LogP contribution in [0.2, 0.25) is 0 Å². The minimum atomic E-state index is -0.256. The highest BCUT2D eigenvalue weighted by atomic mass is 32.1. The van der Waals surface area contributed by atoms with Crippen molar-refractivity contribution in [2.24, 2.45) is 0 Å². The van der Waals surface area contributed by atoms with Gasteiger partial charge in [0.1, 0.15) is 18.4 Å². The molecule has 7 heteroatoms.